The van der Waals surface area contributed by atoms with Crippen molar-refractivity contribution in [3.8, 4) is 5.75 Å². The van der Waals surface area contributed by atoms with Gasteiger partial charge in [-0.05, 0) is 29.8 Å². The number of nitrogens with one attached hydrogen (secondary N) is 1. The minimum atomic E-state index is -0.0759. The molecule has 1 heterocycles. The number of halogens is 1. The molecule has 1 saturated heterocycles. The second kappa shape index (κ2) is 8.76. The lowest BCUT2D eigenvalue weighted by molar-refractivity contribution is 0.198. The first kappa shape index (κ1) is 18.3. The number of para-hydroxylation sites is 2. The Bertz CT molecular complexity index is 786. The van der Waals surface area contributed by atoms with Crippen molar-refractivity contribution in [2.45, 2.75) is 0 Å². The number of rotatable bonds is 4. The zero-order valence-corrected chi connectivity index (χ0v) is 16.3. The summed E-state index contributed by atoms with van der Waals surface area (Å²) in [5.74, 6) is 0.863. The van der Waals surface area contributed by atoms with E-state index in [1.165, 1.54) is 0 Å². The van der Waals surface area contributed by atoms with Crippen LogP contribution in [0.3, 0.4) is 0 Å². The number of carbonyl (C=O) groups excluding carboxylic acids is 1. The van der Waals surface area contributed by atoms with E-state index in [2.05, 4.69) is 32.2 Å². The number of benzene rings is 2. The molecule has 1 aliphatic rings. The topological polar surface area (TPSA) is 44.8 Å². The van der Waals surface area contributed by atoms with Crippen molar-refractivity contribution in [3.63, 3.8) is 0 Å². The summed E-state index contributed by atoms with van der Waals surface area (Å²) in [4.78, 5) is 16.4. The van der Waals surface area contributed by atoms with E-state index in [0.717, 1.165) is 34.6 Å². The Morgan fingerprint density at radius 1 is 1.08 bits per heavy atom. The Kier molecular flexibility index (Phi) is 6.17. The lowest BCUT2D eigenvalue weighted by Crippen LogP contribution is -2.51. The number of piperazine rings is 1. The molecular formula is C20H22BrN3O2. The maximum absolute atomic E-state index is 12.3. The third kappa shape index (κ3) is 4.38. The Balaban J connectivity index is 1.53. The van der Waals surface area contributed by atoms with E-state index in [-0.39, 0.29) is 6.03 Å². The van der Waals surface area contributed by atoms with Gasteiger partial charge in [0.15, 0.2) is 0 Å². The van der Waals surface area contributed by atoms with E-state index < -0.39 is 0 Å². The maximum Gasteiger partial charge on any atom is 0.321 e. The van der Waals surface area contributed by atoms with Gasteiger partial charge in [0.1, 0.15) is 5.75 Å². The molecule has 2 aromatic rings. The molecule has 0 bridgehead atoms. The van der Waals surface area contributed by atoms with Gasteiger partial charge >= 0.3 is 6.03 Å². The van der Waals surface area contributed by atoms with Crippen LogP contribution in [0.5, 0.6) is 5.75 Å². The molecule has 6 heteroatoms. The molecule has 26 heavy (non-hydrogen) atoms. The molecule has 1 fully saturated rings. The molecule has 2 amide bonds. The standard InChI is InChI=1S/C20H22BrN3O2/c1-26-19-9-5-4-8-18(19)23-12-14-24(15-13-23)20(25)22-11-10-16-6-2-3-7-17(16)21/h2-11H,12-15H2,1H3,(H,22,25)/b11-10+. The minimum Gasteiger partial charge on any atom is -0.495 e. The lowest BCUT2D eigenvalue weighted by atomic mass is 10.2. The smallest absolute Gasteiger partial charge is 0.321 e. The molecule has 0 aromatic heterocycles. The van der Waals surface area contributed by atoms with Crippen LogP contribution in [-0.4, -0.2) is 44.2 Å². The number of urea groups is 1. The molecule has 0 unspecified atom stereocenters. The van der Waals surface area contributed by atoms with Gasteiger partial charge in [-0.15, -0.1) is 0 Å². The van der Waals surface area contributed by atoms with Gasteiger partial charge in [0.05, 0.1) is 12.8 Å². The van der Waals surface area contributed by atoms with E-state index in [4.69, 9.17) is 4.74 Å². The molecule has 0 spiro atoms. The Labute approximate surface area is 162 Å². The van der Waals surface area contributed by atoms with Gasteiger partial charge in [-0.25, -0.2) is 4.79 Å². The predicted octanol–water partition coefficient (Wildman–Crippen LogP) is 3.96. The van der Waals surface area contributed by atoms with Gasteiger partial charge in [-0.2, -0.15) is 0 Å². The van der Waals surface area contributed by atoms with Gasteiger partial charge in [-0.3, -0.25) is 0 Å². The van der Waals surface area contributed by atoms with Gasteiger partial charge in [0.25, 0.3) is 0 Å². The van der Waals surface area contributed by atoms with Crippen LogP contribution in [0.2, 0.25) is 0 Å². The summed E-state index contributed by atoms with van der Waals surface area (Å²) < 4.78 is 6.43. The van der Waals surface area contributed by atoms with E-state index in [0.29, 0.717) is 13.1 Å². The average Bonchev–Trinajstić information content (AvgIpc) is 2.69. The summed E-state index contributed by atoms with van der Waals surface area (Å²) in [7, 11) is 1.68. The third-order valence-corrected chi connectivity index (χ3v) is 5.09. The minimum absolute atomic E-state index is 0.0759. The van der Waals surface area contributed by atoms with Crippen molar-refractivity contribution in [2.75, 3.05) is 38.2 Å². The van der Waals surface area contributed by atoms with Crippen LogP contribution in [-0.2, 0) is 0 Å². The summed E-state index contributed by atoms with van der Waals surface area (Å²) in [5.41, 5.74) is 2.10. The molecule has 136 valence electrons. The number of amides is 2. The molecule has 5 nitrogen and oxygen atoms in total. The first-order valence-corrected chi connectivity index (χ1v) is 9.33. The van der Waals surface area contributed by atoms with Crippen molar-refractivity contribution in [3.05, 3.63) is 64.8 Å². The van der Waals surface area contributed by atoms with Crippen LogP contribution >= 0.6 is 15.9 Å². The maximum atomic E-state index is 12.3. The van der Waals surface area contributed by atoms with Crippen LogP contribution in [0.1, 0.15) is 5.56 Å². The molecule has 0 radical (unpaired) electrons. The van der Waals surface area contributed by atoms with Gasteiger partial charge in [0, 0.05) is 36.9 Å². The molecule has 2 aromatic carbocycles. The average molecular weight is 416 g/mol. The van der Waals surface area contributed by atoms with Crippen molar-refractivity contribution in [2.24, 2.45) is 0 Å². The fourth-order valence-electron chi connectivity index (χ4n) is 2.95. The van der Waals surface area contributed by atoms with Gasteiger partial charge < -0.3 is 19.9 Å². The van der Waals surface area contributed by atoms with E-state index >= 15 is 0 Å². The van der Waals surface area contributed by atoms with E-state index in [1.54, 1.807) is 13.3 Å². The fourth-order valence-corrected chi connectivity index (χ4v) is 3.36. The number of methoxy groups -OCH3 is 1. The molecule has 1 N–H and O–H groups in total. The monoisotopic (exact) mass is 415 g/mol. The van der Waals surface area contributed by atoms with Crippen LogP contribution in [0.15, 0.2) is 59.2 Å². The summed E-state index contributed by atoms with van der Waals surface area (Å²) in [6.07, 6.45) is 3.57. The molecule has 1 aliphatic heterocycles. The molecule has 0 aliphatic carbocycles. The summed E-state index contributed by atoms with van der Waals surface area (Å²) >= 11 is 3.49. The normalized spacial score (nSPS) is 14.5. The summed E-state index contributed by atoms with van der Waals surface area (Å²) in [6.45, 7) is 2.91. The third-order valence-electron chi connectivity index (χ3n) is 4.37. The summed E-state index contributed by atoms with van der Waals surface area (Å²) in [6, 6.07) is 15.8. The SMILES string of the molecule is COc1ccccc1N1CCN(C(=O)N/C=C/c2ccccc2Br)CC1. The number of hydrogen-bond donors (Lipinski definition) is 1. The number of ether oxygens (including phenoxy) is 1. The number of hydrogen-bond acceptors (Lipinski definition) is 3. The van der Waals surface area contributed by atoms with E-state index in [9.17, 15) is 4.79 Å². The number of anilines is 1. The Hall–Kier alpha value is -2.47. The quantitative estimate of drug-likeness (QED) is 0.821. The Morgan fingerprint density at radius 2 is 1.77 bits per heavy atom. The number of nitrogens with zero attached hydrogens (tertiary/aromatic N) is 2. The second-order valence-electron chi connectivity index (χ2n) is 5.95. The van der Waals surface area contributed by atoms with Crippen molar-refractivity contribution in [1.82, 2.24) is 10.2 Å². The molecule has 0 atom stereocenters. The summed E-state index contributed by atoms with van der Waals surface area (Å²) in [5, 5.41) is 2.85. The molecular weight excluding hydrogens is 394 g/mol. The van der Waals surface area contributed by atoms with Crippen LogP contribution in [0, 0.1) is 0 Å². The lowest BCUT2D eigenvalue weighted by Gasteiger charge is -2.36. The zero-order chi connectivity index (χ0) is 18.4. The molecule has 3 rings (SSSR count). The first-order valence-electron chi connectivity index (χ1n) is 8.53. The predicted molar refractivity (Wildman–Crippen MR) is 108 cm³/mol. The first-order chi connectivity index (χ1) is 12.7. The zero-order valence-electron chi connectivity index (χ0n) is 14.7. The van der Waals surface area contributed by atoms with Crippen LogP contribution in [0.4, 0.5) is 10.5 Å². The van der Waals surface area contributed by atoms with Gasteiger partial charge in [0.2, 0.25) is 0 Å². The van der Waals surface area contributed by atoms with Crippen molar-refractivity contribution in [1.29, 1.82) is 0 Å². The highest BCUT2D eigenvalue weighted by Gasteiger charge is 2.22. The van der Waals surface area contributed by atoms with Crippen molar-refractivity contribution < 1.29 is 9.53 Å². The highest BCUT2D eigenvalue weighted by Crippen LogP contribution is 2.28. The van der Waals surface area contributed by atoms with Crippen molar-refractivity contribution >= 4 is 33.7 Å². The highest BCUT2D eigenvalue weighted by molar-refractivity contribution is 9.10. The van der Waals surface area contributed by atoms with Gasteiger partial charge in [-0.1, -0.05) is 46.3 Å². The second-order valence-corrected chi connectivity index (χ2v) is 6.80. The van der Waals surface area contributed by atoms with E-state index in [1.807, 2.05) is 53.4 Å². The number of carbonyl (C=O) groups is 1. The fraction of sp³-hybridized carbons (Fsp3) is 0.250. The van der Waals surface area contributed by atoms with Crippen LogP contribution < -0.4 is 15.0 Å². The molecule has 0 saturated carbocycles. The highest BCUT2D eigenvalue weighted by atomic mass is 79.9. The Morgan fingerprint density at radius 3 is 2.50 bits per heavy atom. The van der Waals surface area contributed by atoms with Crippen LogP contribution in [0.25, 0.3) is 6.08 Å². The largest absolute Gasteiger partial charge is 0.495 e.